The third-order valence-electron chi connectivity index (χ3n) is 3.58. The zero-order valence-electron chi connectivity index (χ0n) is 13.1. The molecule has 0 aliphatic rings. The van der Waals surface area contributed by atoms with Gasteiger partial charge in [-0.3, -0.25) is 0 Å². The third kappa shape index (κ3) is 3.96. The van der Waals surface area contributed by atoms with Crippen molar-refractivity contribution >= 4 is 40.7 Å². The van der Waals surface area contributed by atoms with Crippen LogP contribution in [0.2, 0.25) is 10.0 Å². The summed E-state index contributed by atoms with van der Waals surface area (Å²) in [6, 6.07) is 15.2. The Balaban J connectivity index is 1.72. The van der Waals surface area contributed by atoms with E-state index in [0.29, 0.717) is 28.4 Å². The van der Waals surface area contributed by atoms with Crippen molar-refractivity contribution < 1.29 is 0 Å². The van der Waals surface area contributed by atoms with Gasteiger partial charge in [0.25, 0.3) is 0 Å². The van der Waals surface area contributed by atoms with Gasteiger partial charge < -0.3 is 10.6 Å². The van der Waals surface area contributed by atoms with Gasteiger partial charge >= 0.3 is 0 Å². The molecular weight excluding hydrogens is 343 g/mol. The number of hydrogen-bond acceptors (Lipinski definition) is 4. The normalized spacial score (nSPS) is 10.5. The van der Waals surface area contributed by atoms with Crippen LogP contribution in [0.15, 0.2) is 54.7 Å². The van der Waals surface area contributed by atoms with Crippen molar-refractivity contribution in [3.63, 3.8) is 0 Å². The summed E-state index contributed by atoms with van der Waals surface area (Å²) in [4.78, 5) is 8.70. The highest BCUT2D eigenvalue weighted by molar-refractivity contribution is 6.31. The molecule has 3 rings (SSSR count). The van der Waals surface area contributed by atoms with Gasteiger partial charge in [-0.25, -0.2) is 4.98 Å². The van der Waals surface area contributed by atoms with Crippen LogP contribution in [0.4, 0.5) is 17.5 Å². The molecule has 3 aromatic rings. The second kappa shape index (κ2) is 7.51. The zero-order valence-corrected chi connectivity index (χ0v) is 14.6. The quantitative estimate of drug-likeness (QED) is 0.636. The summed E-state index contributed by atoms with van der Waals surface area (Å²) in [5.74, 6) is 1.22. The Hall–Kier alpha value is -2.30. The van der Waals surface area contributed by atoms with Gasteiger partial charge in [0.15, 0.2) is 0 Å². The van der Waals surface area contributed by atoms with Crippen molar-refractivity contribution in [2.75, 3.05) is 10.6 Å². The first-order chi connectivity index (χ1) is 11.6. The van der Waals surface area contributed by atoms with Crippen molar-refractivity contribution in [3.05, 3.63) is 75.9 Å². The largest absolute Gasteiger partial charge is 0.350 e. The molecule has 0 saturated carbocycles. The Kier molecular flexibility index (Phi) is 5.18. The van der Waals surface area contributed by atoms with Gasteiger partial charge in [-0.05, 0) is 42.3 Å². The van der Waals surface area contributed by atoms with Crippen molar-refractivity contribution in [1.29, 1.82) is 0 Å². The Labute approximate surface area is 150 Å². The van der Waals surface area contributed by atoms with Crippen LogP contribution in [-0.2, 0) is 6.54 Å². The fourth-order valence-corrected chi connectivity index (χ4v) is 2.59. The van der Waals surface area contributed by atoms with Crippen molar-refractivity contribution in [1.82, 2.24) is 9.97 Å². The molecular formula is C18H16Cl2N4. The number of aromatic nitrogens is 2. The number of hydrogen-bond donors (Lipinski definition) is 2. The molecule has 4 nitrogen and oxygen atoms in total. The summed E-state index contributed by atoms with van der Waals surface area (Å²) < 4.78 is 0. The Bertz CT molecular complexity index is 852. The van der Waals surface area contributed by atoms with Gasteiger partial charge in [-0.1, -0.05) is 47.5 Å². The smallest absolute Gasteiger partial charge is 0.224 e. The SMILES string of the molecule is Cc1c(Cl)cccc1Nc1ccnc(NCc2ccccc2Cl)n1. The predicted molar refractivity (Wildman–Crippen MR) is 100 cm³/mol. The van der Waals surface area contributed by atoms with E-state index in [2.05, 4.69) is 20.6 Å². The number of nitrogens with one attached hydrogen (secondary N) is 2. The minimum absolute atomic E-state index is 0.527. The summed E-state index contributed by atoms with van der Waals surface area (Å²) in [5, 5.41) is 7.87. The first kappa shape index (κ1) is 16.6. The van der Waals surface area contributed by atoms with E-state index in [1.807, 2.05) is 49.4 Å². The minimum atomic E-state index is 0.527. The highest BCUT2D eigenvalue weighted by atomic mass is 35.5. The lowest BCUT2D eigenvalue weighted by molar-refractivity contribution is 1.06. The van der Waals surface area contributed by atoms with E-state index in [1.165, 1.54) is 0 Å². The van der Waals surface area contributed by atoms with Gasteiger partial charge in [0.05, 0.1) is 0 Å². The lowest BCUT2D eigenvalue weighted by atomic mass is 10.2. The number of halogens is 2. The van der Waals surface area contributed by atoms with Crippen molar-refractivity contribution in [2.24, 2.45) is 0 Å². The average Bonchev–Trinajstić information content (AvgIpc) is 2.59. The van der Waals surface area contributed by atoms with Crippen molar-refractivity contribution in [2.45, 2.75) is 13.5 Å². The van der Waals surface area contributed by atoms with Crippen LogP contribution in [0.1, 0.15) is 11.1 Å². The molecule has 0 saturated heterocycles. The molecule has 24 heavy (non-hydrogen) atoms. The number of anilines is 3. The molecule has 2 aromatic carbocycles. The van der Waals surface area contributed by atoms with Crippen LogP contribution in [0, 0.1) is 6.92 Å². The van der Waals surface area contributed by atoms with E-state index in [4.69, 9.17) is 23.2 Å². The summed E-state index contributed by atoms with van der Waals surface area (Å²) in [7, 11) is 0. The summed E-state index contributed by atoms with van der Waals surface area (Å²) >= 11 is 12.3. The van der Waals surface area contributed by atoms with Crippen LogP contribution in [-0.4, -0.2) is 9.97 Å². The number of benzene rings is 2. The monoisotopic (exact) mass is 358 g/mol. The molecule has 1 aromatic heterocycles. The van der Waals surface area contributed by atoms with Gasteiger partial charge in [0.2, 0.25) is 5.95 Å². The maximum absolute atomic E-state index is 6.16. The van der Waals surface area contributed by atoms with E-state index in [0.717, 1.165) is 16.8 Å². The highest BCUT2D eigenvalue weighted by Crippen LogP contribution is 2.25. The number of rotatable bonds is 5. The molecule has 0 spiro atoms. The van der Waals surface area contributed by atoms with Crippen LogP contribution in [0.3, 0.4) is 0 Å². The second-order valence-corrected chi connectivity index (χ2v) is 6.06. The molecule has 1 heterocycles. The van der Waals surface area contributed by atoms with Crippen LogP contribution in [0.5, 0.6) is 0 Å². The highest BCUT2D eigenvalue weighted by Gasteiger charge is 2.05. The molecule has 0 unspecified atom stereocenters. The lowest BCUT2D eigenvalue weighted by Gasteiger charge is -2.11. The third-order valence-corrected chi connectivity index (χ3v) is 4.36. The van der Waals surface area contributed by atoms with Crippen molar-refractivity contribution in [3.8, 4) is 0 Å². The molecule has 0 fully saturated rings. The first-order valence-corrected chi connectivity index (χ1v) is 8.21. The molecule has 6 heteroatoms. The zero-order chi connectivity index (χ0) is 16.9. The lowest BCUT2D eigenvalue weighted by Crippen LogP contribution is -2.05. The summed E-state index contributed by atoms with van der Waals surface area (Å²) in [6.07, 6.45) is 1.70. The van der Waals surface area contributed by atoms with Crippen LogP contribution >= 0.6 is 23.2 Å². The molecule has 0 atom stereocenters. The predicted octanol–water partition coefficient (Wildman–Crippen LogP) is 5.45. The van der Waals surface area contributed by atoms with E-state index < -0.39 is 0 Å². The van der Waals surface area contributed by atoms with Gasteiger partial charge in [-0.2, -0.15) is 4.98 Å². The van der Waals surface area contributed by atoms with Gasteiger partial charge in [0.1, 0.15) is 5.82 Å². The maximum Gasteiger partial charge on any atom is 0.224 e. The summed E-state index contributed by atoms with van der Waals surface area (Å²) in [6.45, 7) is 2.52. The molecule has 0 bridgehead atoms. The topological polar surface area (TPSA) is 49.8 Å². The Morgan fingerprint density at radius 1 is 0.958 bits per heavy atom. The molecule has 122 valence electrons. The molecule has 0 aliphatic carbocycles. The van der Waals surface area contributed by atoms with E-state index in [9.17, 15) is 0 Å². The average molecular weight is 359 g/mol. The van der Waals surface area contributed by atoms with Crippen LogP contribution in [0.25, 0.3) is 0 Å². The molecule has 2 N–H and O–H groups in total. The van der Waals surface area contributed by atoms with E-state index in [1.54, 1.807) is 12.3 Å². The van der Waals surface area contributed by atoms with E-state index in [-0.39, 0.29) is 0 Å². The second-order valence-electron chi connectivity index (χ2n) is 5.25. The fraction of sp³-hybridized carbons (Fsp3) is 0.111. The van der Waals surface area contributed by atoms with Crippen LogP contribution < -0.4 is 10.6 Å². The van der Waals surface area contributed by atoms with E-state index >= 15 is 0 Å². The molecule has 0 aliphatic heterocycles. The van der Waals surface area contributed by atoms with Gasteiger partial charge in [-0.15, -0.1) is 0 Å². The Morgan fingerprint density at radius 3 is 2.58 bits per heavy atom. The van der Waals surface area contributed by atoms with Gasteiger partial charge in [0, 0.05) is 28.5 Å². The summed E-state index contributed by atoms with van der Waals surface area (Å²) in [5.41, 5.74) is 2.88. The number of nitrogens with zero attached hydrogens (tertiary/aromatic N) is 2. The minimum Gasteiger partial charge on any atom is -0.350 e. The fourth-order valence-electron chi connectivity index (χ4n) is 2.21. The Morgan fingerprint density at radius 2 is 1.75 bits per heavy atom. The molecule has 0 radical (unpaired) electrons. The standard InChI is InChI=1S/C18H16Cl2N4/c1-12-14(19)7-4-8-16(12)23-17-9-10-21-18(24-17)22-11-13-5-2-3-6-15(13)20/h2-10H,11H2,1H3,(H2,21,22,23,24). The first-order valence-electron chi connectivity index (χ1n) is 7.46. The maximum atomic E-state index is 6.16. The molecule has 0 amide bonds.